The lowest BCUT2D eigenvalue weighted by Crippen LogP contribution is -2.35. The van der Waals surface area contributed by atoms with Crippen molar-refractivity contribution in [2.75, 3.05) is 32.8 Å². The number of carbonyl (C=O) groups is 1. The third-order valence-electron chi connectivity index (χ3n) is 1.34. The van der Waals surface area contributed by atoms with Gasteiger partial charge in [0, 0.05) is 6.54 Å². The predicted molar refractivity (Wildman–Crippen MR) is 47.7 cm³/mol. The molecule has 1 amide bonds. The molecular weight excluding hydrogens is 174 g/mol. The maximum absolute atomic E-state index is 10.9. The van der Waals surface area contributed by atoms with Crippen molar-refractivity contribution in [2.45, 2.75) is 6.42 Å². The van der Waals surface area contributed by atoms with Crippen LogP contribution in [0.2, 0.25) is 0 Å². The number of hydrogen-bond donors (Lipinski definition) is 4. The highest BCUT2D eigenvalue weighted by molar-refractivity contribution is 5.77. The van der Waals surface area contributed by atoms with Crippen LogP contribution in [0.3, 0.4) is 0 Å². The van der Waals surface area contributed by atoms with Gasteiger partial charge < -0.3 is 20.6 Å². The summed E-state index contributed by atoms with van der Waals surface area (Å²) in [4.78, 5) is 15.2. The Kier molecular flexibility index (Phi) is 8.90. The number of nitrogens with two attached hydrogens (primary N) is 1. The number of aliphatic hydroxyl groups is 1. The number of amides is 1. The lowest BCUT2D eigenvalue weighted by Gasteiger charge is -2.04. The van der Waals surface area contributed by atoms with E-state index in [1.807, 2.05) is 0 Å². The van der Waals surface area contributed by atoms with E-state index in [1.54, 1.807) is 0 Å². The highest BCUT2D eigenvalue weighted by atomic mass is 16.6. The second kappa shape index (κ2) is 9.40. The van der Waals surface area contributed by atoms with Crippen molar-refractivity contribution < 1.29 is 14.7 Å². The van der Waals surface area contributed by atoms with E-state index in [2.05, 4.69) is 15.5 Å². The predicted octanol–water partition coefficient (Wildman–Crippen LogP) is -2.04. The Morgan fingerprint density at radius 2 is 2.23 bits per heavy atom. The van der Waals surface area contributed by atoms with Crippen LogP contribution in [0, 0.1) is 0 Å². The van der Waals surface area contributed by atoms with Crippen molar-refractivity contribution in [1.29, 1.82) is 0 Å². The molecule has 0 aromatic heterocycles. The highest BCUT2D eigenvalue weighted by Gasteiger charge is 1.97. The molecule has 0 radical (unpaired) electrons. The second-order valence-electron chi connectivity index (χ2n) is 2.47. The molecule has 5 N–H and O–H groups in total. The number of nitrogens with one attached hydrogen (secondary N) is 2. The van der Waals surface area contributed by atoms with Crippen LogP contribution >= 0.6 is 0 Å². The highest BCUT2D eigenvalue weighted by Crippen LogP contribution is 1.74. The van der Waals surface area contributed by atoms with Gasteiger partial charge in [0.2, 0.25) is 5.91 Å². The molecular formula is C7H17N3O3. The molecule has 0 spiro atoms. The smallest absolute Gasteiger partial charge is 0.234 e. The largest absolute Gasteiger partial charge is 0.395 e. The van der Waals surface area contributed by atoms with Crippen molar-refractivity contribution in [3.8, 4) is 0 Å². The van der Waals surface area contributed by atoms with Gasteiger partial charge in [0.1, 0.15) is 0 Å². The van der Waals surface area contributed by atoms with Crippen LogP contribution in [0.4, 0.5) is 0 Å². The van der Waals surface area contributed by atoms with Gasteiger partial charge in [0.15, 0.2) is 0 Å². The van der Waals surface area contributed by atoms with Crippen molar-refractivity contribution in [3.05, 3.63) is 0 Å². The quantitative estimate of drug-likeness (QED) is 0.262. The number of carbonyl (C=O) groups excluding carboxylic acids is 1. The molecule has 0 aliphatic rings. The molecule has 0 atom stereocenters. The van der Waals surface area contributed by atoms with Gasteiger partial charge in [0.25, 0.3) is 0 Å². The summed E-state index contributed by atoms with van der Waals surface area (Å²) in [6.45, 7) is 1.68. The summed E-state index contributed by atoms with van der Waals surface area (Å²) >= 11 is 0. The van der Waals surface area contributed by atoms with E-state index in [0.29, 0.717) is 19.7 Å². The van der Waals surface area contributed by atoms with E-state index in [-0.39, 0.29) is 19.1 Å². The molecule has 0 bridgehead atoms. The van der Waals surface area contributed by atoms with Crippen LogP contribution in [0.25, 0.3) is 0 Å². The average Bonchev–Trinajstić information content (AvgIpc) is 2.14. The van der Waals surface area contributed by atoms with E-state index in [1.165, 1.54) is 0 Å². The first kappa shape index (κ1) is 12.3. The Balaban J connectivity index is 3.08. The summed E-state index contributed by atoms with van der Waals surface area (Å²) in [6, 6.07) is 0. The van der Waals surface area contributed by atoms with E-state index >= 15 is 0 Å². The van der Waals surface area contributed by atoms with E-state index < -0.39 is 0 Å². The minimum Gasteiger partial charge on any atom is -0.395 e. The van der Waals surface area contributed by atoms with Crippen molar-refractivity contribution in [2.24, 2.45) is 5.90 Å². The summed E-state index contributed by atoms with van der Waals surface area (Å²) in [5.41, 5.74) is 0. The molecule has 0 aromatic carbocycles. The fraction of sp³-hybridized carbons (Fsp3) is 0.857. The maximum atomic E-state index is 10.9. The summed E-state index contributed by atoms with van der Waals surface area (Å²) < 4.78 is 0. The van der Waals surface area contributed by atoms with Gasteiger partial charge in [-0.3, -0.25) is 4.79 Å². The molecule has 0 heterocycles. The van der Waals surface area contributed by atoms with Gasteiger partial charge in [-0.25, -0.2) is 5.90 Å². The first-order valence-corrected chi connectivity index (χ1v) is 4.21. The van der Waals surface area contributed by atoms with Crippen molar-refractivity contribution in [1.82, 2.24) is 10.6 Å². The molecule has 0 rings (SSSR count). The topological polar surface area (TPSA) is 96.6 Å². The molecule has 0 saturated heterocycles. The van der Waals surface area contributed by atoms with Gasteiger partial charge in [0.05, 0.1) is 19.8 Å². The van der Waals surface area contributed by atoms with Crippen LogP contribution in [-0.4, -0.2) is 43.9 Å². The SMILES string of the molecule is NOCCCNCC(=O)NCCO. The van der Waals surface area contributed by atoms with Crippen LogP contribution in [-0.2, 0) is 9.63 Å². The summed E-state index contributed by atoms with van der Waals surface area (Å²) in [7, 11) is 0. The third kappa shape index (κ3) is 9.22. The van der Waals surface area contributed by atoms with Crippen molar-refractivity contribution in [3.63, 3.8) is 0 Å². The van der Waals surface area contributed by atoms with Crippen molar-refractivity contribution >= 4 is 5.91 Å². The van der Waals surface area contributed by atoms with Crippen LogP contribution in [0.5, 0.6) is 0 Å². The van der Waals surface area contributed by atoms with Gasteiger partial charge in [-0.2, -0.15) is 0 Å². The van der Waals surface area contributed by atoms with Crippen LogP contribution < -0.4 is 16.5 Å². The molecule has 0 aliphatic carbocycles. The van der Waals surface area contributed by atoms with Gasteiger partial charge in [-0.1, -0.05) is 0 Å². The number of aliphatic hydroxyl groups excluding tert-OH is 1. The molecule has 0 aliphatic heterocycles. The average molecular weight is 191 g/mol. The third-order valence-corrected chi connectivity index (χ3v) is 1.34. The summed E-state index contributed by atoms with van der Waals surface area (Å²) in [6.07, 6.45) is 0.768. The van der Waals surface area contributed by atoms with E-state index in [0.717, 1.165) is 6.42 Å². The Labute approximate surface area is 77.4 Å². The Hall–Kier alpha value is -0.690. The minimum absolute atomic E-state index is 0.0350. The molecule has 0 fully saturated rings. The number of rotatable bonds is 8. The molecule has 13 heavy (non-hydrogen) atoms. The monoisotopic (exact) mass is 191 g/mol. The molecule has 6 heteroatoms. The zero-order valence-electron chi connectivity index (χ0n) is 7.58. The van der Waals surface area contributed by atoms with E-state index in [9.17, 15) is 4.79 Å². The Morgan fingerprint density at radius 3 is 2.85 bits per heavy atom. The fourth-order valence-electron chi connectivity index (χ4n) is 0.740. The van der Waals surface area contributed by atoms with Gasteiger partial charge in [-0.15, -0.1) is 0 Å². The Bertz CT molecular complexity index is 132. The normalized spacial score (nSPS) is 10.0. The minimum atomic E-state index is -0.122. The molecule has 6 nitrogen and oxygen atoms in total. The van der Waals surface area contributed by atoms with Gasteiger partial charge in [-0.05, 0) is 13.0 Å². The molecule has 0 saturated carbocycles. The summed E-state index contributed by atoms with van der Waals surface area (Å²) in [5, 5.41) is 13.8. The standard InChI is InChI=1S/C7H17N3O3/c8-13-5-1-2-9-6-7(12)10-3-4-11/h9,11H,1-6,8H2,(H,10,12). The zero-order chi connectivity index (χ0) is 9.94. The Morgan fingerprint density at radius 1 is 1.46 bits per heavy atom. The van der Waals surface area contributed by atoms with Crippen LogP contribution in [0.15, 0.2) is 0 Å². The lowest BCUT2D eigenvalue weighted by atomic mass is 10.4. The maximum Gasteiger partial charge on any atom is 0.234 e. The fourth-order valence-corrected chi connectivity index (χ4v) is 0.740. The molecule has 0 aromatic rings. The zero-order valence-corrected chi connectivity index (χ0v) is 7.58. The van der Waals surface area contributed by atoms with Gasteiger partial charge >= 0.3 is 0 Å². The van der Waals surface area contributed by atoms with E-state index in [4.69, 9.17) is 11.0 Å². The lowest BCUT2D eigenvalue weighted by molar-refractivity contribution is -0.120. The first-order chi connectivity index (χ1) is 6.31. The number of hydrogen-bond acceptors (Lipinski definition) is 5. The molecule has 0 unspecified atom stereocenters. The molecule has 78 valence electrons. The van der Waals surface area contributed by atoms with Crippen LogP contribution in [0.1, 0.15) is 6.42 Å². The summed E-state index contributed by atoms with van der Waals surface area (Å²) in [5.74, 6) is 4.68. The second-order valence-corrected chi connectivity index (χ2v) is 2.47. The first-order valence-electron chi connectivity index (χ1n) is 4.21.